The summed E-state index contributed by atoms with van der Waals surface area (Å²) in [7, 11) is 0. The minimum Gasteiger partial charge on any atom is -0.488 e. The van der Waals surface area contributed by atoms with Crippen LogP contribution in [0.2, 0.25) is 5.02 Å². The van der Waals surface area contributed by atoms with Gasteiger partial charge in [0.05, 0.1) is 22.5 Å². The fourth-order valence-electron chi connectivity index (χ4n) is 4.85. The third-order valence-electron chi connectivity index (χ3n) is 7.14. The van der Waals surface area contributed by atoms with E-state index in [0.29, 0.717) is 27.8 Å². The van der Waals surface area contributed by atoms with Crippen molar-refractivity contribution < 1.29 is 28.9 Å². The molecule has 0 unspecified atom stereocenters. The van der Waals surface area contributed by atoms with Crippen molar-refractivity contribution in [2.24, 2.45) is 0 Å². The molecule has 0 bridgehead atoms. The zero-order valence-electron chi connectivity index (χ0n) is 23.6. The van der Waals surface area contributed by atoms with Gasteiger partial charge < -0.3 is 24.1 Å². The maximum absolute atomic E-state index is 11.7. The lowest BCUT2D eigenvalue weighted by atomic mass is 10.0. The number of benzene rings is 4. The van der Waals surface area contributed by atoms with E-state index >= 15 is 0 Å². The van der Waals surface area contributed by atoms with E-state index in [1.807, 2.05) is 60.7 Å². The van der Waals surface area contributed by atoms with Crippen LogP contribution < -0.4 is 20.4 Å². The van der Waals surface area contributed by atoms with E-state index < -0.39 is 24.2 Å². The molecule has 3 N–H and O–H groups in total. The maximum Gasteiger partial charge on any atom is 0.336 e. The van der Waals surface area contributed by atoms with Gasteiger partial charge in [-0.2, -0.15) is 0 Å². The van der Waals surface area contributed by atoms with Crippen LogP contribution in [0.3, 0.4) is 0 Å². The minimum atomic E-state index is -1.20. The molecule has 0 saturated carbocycles. The van der Waals surface area contributed by atoms with Crippen molar-refractivity contribution >= 4 is 39.4 Å². The van der Waals surface area contributed by atoms with Crippen molar-refractivity contribution in [2.45, 2.75) is 19.2 Å². The molecule has 0 aliphatic carbocycles. The van der Waals surface area contributed by atoms with Crippen LogP contribution in [0.25, 0.3) is 33.0 Å². The van der Waals surface area contributed by atoms with Crippen LogP contribution in [-0.2, 0) is 17.9 Å². The van der Waals surface area contributed by atoms with E-state index in [1.165, 1.54) is 12.4 Å². The second kappa shape index (κ2) is 13.1. The monoisotopic (exact) mass is 623 g/mol. The molecule has 0 aliphatic rings. The lowest BCUT2D eigenvalue weighted by molar-refractivity contribution is -0.140. The minimum absolute atomic E-state index is 0.0241. The Bertz CT molecular complexity index is 2070. The second-order valence-corrected chi connectivity index (χ2v) is 10.5. The molecule has 0 spiro atoms. The molecule has 6 rings (SSSR count). The molecule has 2 heterocycles. The molecule has 11 heteroatoms. The van der Waals surface area contributed by atoms with Gasteiger partial charge in [0.15, 0.2) is 5.75 Å². The number of fused-ring (bicyclic) bond motifs is 2. The Balaban J connectivity index is 1.34. The summed E-state index contributed by atoms with van der Waals surface area (Å²) in [6.45, 7) is -0.493. The number of aromatic nitrogens is 2. The molecule has 0 amide bonds. The number of carbonyl (C=O) groups is 1. The number of halogens is 1. The van der Waals surface area contributed by atoms with Crippen LogP contribution >= 0.6 is 11.6 Å². The van der Waals surface area contributed by atoms with Crippen LogP contribution in [0.15, 0.2) is 107 Å². The molecule has 6 aromatic rings. The molecule has 0 aliphatic heterocycles. The van der Waals surface area contributed by atoms with E-state index in [4.69, 9.17) is 25.5 Å². The SMILES string of the molecule is O=C(O)[C@@H](CO)NCc1cc(Cl)c(Oc2ncnc3c(-c4ccccc4)cccc23)cc1OCc1ccc2ccc(=O)oc2c1. The smallest absolute Gasteiger partial charge is 0.336 e. The number of hydrogen-bond acceptors (Lipinski definition) is 9. The van der Waals surface area contributed by atoms with Gasteiger partial charge >= 0.3 is 11.6 Å². The predicted octanol–water partition coefficient (Wildman–Crippen LogP) is 5.96. The van der Waals surface area contributed by atoms with Crippen molar-refractivity contribution in [1.29, 1.82) is 0 Å². The largest absolute Gasteiger partial charge is 0.488 e. The van der Waals surface area contributed by atoms with Crippen molar-refractivity contribution in [3.05, 3.63) is 124 Å². The highest BCUT2D eigenvalue weighted by Crippen LogP contribution is 2.38. The van der Waals surface area contributed by atoms with Gasteiger partial charge in [-0.1, -0.05) is 66.2 Å². The van der Waals surface area contributed by atoms with Crippen LogP contribution in [0, 0.1) is 0 Å². The molecule has 10 nitrogen and oxygen atoms in total. The quantitative estimate of drug-likeness (QED) is 0.148. The van der Waals surface area contributed by atoms with Crippen LogP contribution in [0.5, 0.6) is 17.4 Å². The molecule has 0 radical (unpaired) electrons. The average molecular weight is 624 g/mol. The van der Waals surface area contributed by atoms with Gasteiger partial charge in [-0.3, -0.25) is 10.1 Å². The topological polar surface area (TPSA) is 144 Å². The zero-order chi connectivity index (χ0) is 31.3. The fraction of sp³-hybridized carbons (Fsp3) is 0.118. The number of rotatable bonds is 11. The fourth-order valence-corrected chi connectivity index (χ4v) is 5.07. The first-order chi connectivity index (χ1) is 21.9. The summed E-state index contributed by atoms with van der Waals surface area (Å²) in [5.74, 6) is -0.314. The van der Waals surface area contributed by atoms with Crippen LogP contribution in [0.1, 0.15) is 11.1 Å². The van der Waals surface area contributed by atoms with E-state index in [0.717, 1.165) is 22.1 Å². The molecule has 226 valence electrons. The first-order valence-electron chi connectivity index (χ1n) is 13.9. The first kappa shape index (κ1) is 29.8. The summed E-state index contributed by atoms with van der Waals surface area (Å²) in [5, 5.41) is 23.3. The number of carboxylic acid groups (broad SMARTS) is 1. The van der Waals surface area contributed by atoms with E-state index in [1.54, 1.807) is 24.3 Å². The molecule has 2 aromatic heterocycles. The Hall–Kier alpha value is -5.29. The lowest BCUT2D eigenvalue weighted by Gasteiger charge is -2.18. The van der Waals surface area contributed by atoms with Crippen molar-refractivity contribution in [3.63, 3.8) is 0 Å². The molecular weight excluding hydrogens is 598 g/mol. The predicted molar refractivity (Wildman–Crippen MR) is 169 cm³/mol. The Kier molecular flexibility index (Phi) is 8.70. The number of nitrogens with one attached hydrogen (secondary N) is 1. The summed E-state index contributed by atoms with van der Waals surface area (Å²) in [6.07, 6.45) is 1.42. The summed E-state index contributed by atoms with van der Waals surface area (Å²) in [4.78, 5) is 32.1. The first-order valence-corrected chi connectivity index (χ1v) is 14.3. The Morgan fingerprint density at radius 3 is 2.58 bits per heavy atom. The van der Waals surface area contributed by atoms with E-state index in [-0.39, 0.29) is 29.8 Å². The molecular formula is C34H26ClN3O7. The third-order valence-corrected chi connectivity index (χ3v) is 7.43. The van der Waals surface area contributed by atoms with Gasteiger partial charge in [0.1, 0.15) is 30.3 Å². The Labute approximate surface area is 261 Å². The van der Waals surface area contributed by atoms with Crippen molar-refractivity contribution in [3.8, 4) is 28.5 Å². The maximum atomic E-state index is 11.7. The standard InChI is InChI=1S/C34H26ClN3O7/c35-26-14-23(16-36-27(17-39)34(41)42)28(43-18-20-9-10-22-11-12-31(40)44-29(22)13-20)15-30(26)45-33-25-8-4-7-24(32(25)37-19-38-33)21-5-2-1-3-6-21/h1-15,19,27,36,39H,16-18H2,(H,41,42)/t27-/m1/s1. The van der Waals surface area contributed by atoms with Crippen molar-refractivity contribution in [2.75, 3.05) is 6.61 Å². The molecule has 0 saturated heterocycles. The highest BCUT2D eigenvalue weighted by molar-refractivity contribution is 6.32. The normalized spacial score (nSPS) is 11.9. The summed E-state index contributed by atoms with van der Waals surface area (Å²) < 4.78 is 17.7. The van der Waals surface area contributed by atoms with Gasteiger partial charge in [-0.25, -0.2) is 14.8 Å². The Morgan fingerprint density at radius 1 is 0.956 bits per heavy atom. The van der Waals surface area contributed by atoms with Gasteiger partial charge in [0, 0.05) is 35.2 Å². The van der Waals surface area contributed by atoms with Gasteiger partial charge in [-0.15, -0.1) is 0 Å². The highest BCUT2D eigenvalue weighted by Gasteiger charge is 2.19. The van der Waals surface area contributed by atoms with Crippen LogP contribution in [-0.4, -0.2) is 38.8 Å². The average Bonchev–Trinajstić information content (AvgIpc) is 3.05. The van der Waals surface area contributed by atoms with Gasteiger partial charge in [-0.05, 0) is 35.4 Å². The lowest BCUT2D eigenvalue weighted by Crippen LogP contribution is -2.39. The van der Waals surface area contributed by atoms with Crippen LogP contribution in [0.4, 0.5) is 0 Å². The highest BCUT2D eigenvalue weighted by atomic mass is 35.5. The number of aliphatic carboxylic acids is 1. The number of carboxylic acids is 1. The summed E-state index contributed by atoms with van der Waals surface area (Å²) in [5.41, 5.74) is 3.82. The number of nitrogens with zero attached hydrogens (tertiary/aromatic N) is 2. The second-order valence-electron chi connectivity index (χ2n) is 10.1. The van der Waals surface area contributed by atoms with E-state index in [9.17, 15) is 19.8 Å². The van der Waals surface area contributed by atoms with Crippen molar-refractivity contribution in [1.82, 2.24) is 15.3 Å². The zero-order valence-corrected chi connectivity index (χ0v) is 24.4. The Morgan fingerprint density at radius 2 is 1.78 bits per heavy atom. The molecule has 45 heavy (non-hydrogen) atoms. The summed E-state index contributed by atoms with van der Waals surface area (Å²) >= 11 is 6.68. The number of para-hydroxylation sites is 1. The third kappa shape index (κ3) is 6.63. The number of aliphatic hydroxyl groups excluding tert-OH is 1. The van der Waals surface area contributed by atoms with Gasteiger partial charge in [0.25, 0.3) is 0 Å². The summed E-state index contributed by atoms with van der Waals surface area (Å²) in [6, 6.07) is 26.0. The molecule has 0 fully saturated rings. The molecule has 1 atom stereocenters. The number of ether oxygens (including phenoxy) is 2. The number of aliphatic hydroxyl groups is 1. The van der Waals surface area contributed by atoms with E-state index in [2.05, 4.69) is 15.3 Å². The van der Waals surface area contributed by atoms with Gasteiger partial charge in [0.2, 0.25) is 5.88 Å². The number of hydrogen-bond donors (Lipinski definition) is 3. The molecule has 4 aromatic carbocycles.